The third-order valence-corrected chi connectivity index (χ3v) is 9.83. The minimum absolute atomic E-state index is 0.0457. The van der Waals surface area contributed by atoms with Gasteiger partial charge in [-0.15, -0.1) is 15.3 Å². The van der Waals surface area contributed by atoms with Gasteiger partial charge in [-0.05, 0) is 65.4 Å². The summed E-state index contributed by atoms with van der Waals surface area (Å²) in [6.07, 6.45) is -5.36. The zero-order chi connectivity index (χ0) is 39.2. The van der Waals surface area contributed by atoms with Crippen LogP contribution in [0.3, 0.4) is 0 Å². The monoisotopic (exact) mass is 783 g/mol. The third kappa shape index (κ3) is 7.69. The van der Waals surface area contributed by atoms with Crippen molar-refractivity contribution in [2.75, 3.05) is 5.32 Å². The van der Waals surface area contributed by atoms with Crippen LogP contribution in [0.5, 0.6) is 0 Å². The molecule has 0 aliphatic rings. The summed E-state index contributed by atoms with van der Waals surface area (Å²) < 4.78 is 138. The van der Waals surface area contributed by atoms with Crippen LogP contribution in [0.15, 0.2) is 127 Å². The maximum Gasteiger partial charge on any atom is 0.471 e. The highest BCUT2D eigenvalue weighted by molar-refractivity contribution is 7.86. The normalized spacial score (nSPS) is 12.7. The molecule has 0 aliphatic heterocycles. The molecule has 6 aromatic carbocycles. The molecule has 0 radical (unpaired) electrons. The van der Waals surface area contributed by atoms with Crippen LogP contribution in [0.25, 0.3) is 32.7 Å². The molecule has 276 valence electrons. The van der Waals surface area contributed by atoms with Crippen molar-refractivity contribution in [3.8, 4) is 11.1 Å². The summed E-state index contributed by atoms with van der Waals surface area (Å²) in [4.78, 5) is 10.7. The van der Waals surface area contributed by atoms with Crippen LogP contribution in [0.4, 0.5) is 50.4 Å². The Labute approximate surface area is 302 Å². The van der Waals surface area contributed by atoms with Crippen LogP contribution in [0.1, 0.15) is 5.56 Å². The van der Waals surface area contributed by atoms with Crippen LogP contribution in [-0.4, -0.2) is 38.0 Å². The van der Waals surface area contributed by atoms with Crippen LogP contribution >= 0.6 is 0 Å². The molecule has 0 bridgehead atoms. The van der Waals surface area contributed by atoms with Crippen molar-refractivity contribution in [2.45, 2.75) is 22.9 Å². The number of alkyl halides is 3. The third-order valence-electron chi connectivity index (χ3n) is 8.05. The largest absolute Gasteiger partial charge is 0.471 e. The van der Waals surface area contributed by atoms with Crippen molar-refractivity contribution >= 4 is 76.1 Å². The van der Waals surface area contributed by atoms with Gasteiger partial charge in [-0.1, -0.05) is 60.7 Å². The first-order chi connectivity index (χ1) is 25.3. The molecule has 0 saturated carbocycles. The van der Waals surface area contributed by atoms with Crippen molar-refractivity contribution in [1.82, 2.24) is 0 Å². The smallest absolute Gasteiger partial charge is 0.316 e. The Morgan fingerprint density at radius 2 is 1.00 bits per heavy atom. The lowest BCUT2D eigenvalue weighted by molar-refractivity contribution is -0.167. The number of nitrogens with zero attached hydrogens (tertiary/aromatic N) is 4. The second-order valence-electron chi connectivity index (χ2n) is 11.5. The van der Waals surface area contributed by atoms with E-state index in [2.05, 4.69) is 20.5 Å². The maximum absolute atomic E-state index is 15.3. The van der Waals surface area contributed by atoms with Gasteiger partial charge in [0.15, 0.2) is 11.6 Å². The van der Waals surface area contributed by atoms with Gasteiger partial charge in [0, 0.05) is 16.2 Å². The number of rotatable bonds is 8. The van der Waals surface area contributed by atoms with Crippen molar-refractivity contribution in [3.63, 3.8) is 0 Å². The van der Waals surface area contributed by atoms with Gasteiger partial charge in [0.1, 0.15) is 26.9 Å². The van der Waals surface area contributed by atoms with E-state index in [9.17, 15) is 43.9 Å². The molecule has 0 heterocycles. The van der Waals surface area contributed by atoms with Gasteiger partial charge in [-0.25, -0.2) is 8.78 Å². The van der Waals surface area contributed by atoms with E-state index in [0.717, 1.165) is 24.3 Å². The van der Waals surface area contributed by atoms with E-state index in [4.69, 9.17) is 0 Å². The van der Waals surface area contributed by atoms with Crippen molar-refractivity contribution in [1.29, 1.82) is 0 Å². The Hall–Kier alpha value is -6.02. The van der Waals surface area contributed by atoms with Crippen LogP contribution in [0, 0.1) is 18.6 Å². The number of hydrogen-bond acceptors (Lipinski definition) is 9. The molecular weight excluding hydrogens is 762 g/mol. The quantitative estimate of drug-likeness (QED) is 0.0778. The van der Waals surface area contributed by atoms with Gasteiger partial charge in [0.05, 0.1) is 11.4 Å². The molecule has 3 N–H and O–H groups in total. The molecule has 0 saturated heterocycles. The first-order valence-corrected chi connectivity index (χ1v) is 18.0. The fourth-order valence-corrected chi connectivity index (χ4v) is 6.91. The lowest BCUT2D eigenvalue weighted by atomic mass is 10.0. The fraction of sp³-hybridized carbons (Fsp3) is 0.0571. The number of azo groups is 2. The molecule has 0 atom stereocenters. The highest BCUT2D eigenvalue weighted by Gasteiger charge is 2.39. The maximum atomic E-state index is 15.3. The number of aryl methyl sites for hydroxylation is 1. The lowest BCUT2D eigenvalue weighted by Crippen LogP contribution is -2.30. The zero-order valence-electron chi connectivity index (χ0n) is 27.2. The predicted octanol–water partition coefficient (Wildman–Crippen LogP) is 10.1. The second kappa shape index (κ2) is 14.1. The summed E-state index contributed by atoms with van der Waals surface area (Å²) in [6, 6.07) is 20.1. The molecule has 19 heteroatoms. The Kier molecular flexibility index (Phi) is 9.84. The standard InChI is InChI=1S/C35H22F5N5O7S2/c1-18-21-6-2-3-7-22(21)31(53(47,48)49)16-29(18)44-42-27-12-10-19(14-25(27)36)20-11-13-28(26(37)15-20)43-45-30-17-32(54(50,51)52)23-8-4-5-9-24(23)33(30)41-34(46)35(38,39)40/h2-17H,1H3,(H,41,46)(H,47,48,49)(H,50,51,52). The predicted molar refractivity (Wildman–Crippen MR) is 187 cm³/mol. The molecule has 6 aromatic rings. The van der Waals surface area contributed by atoms with Gasteiger partial charge in [-0.2, -0.15) is 35.1 Å². The summed E-state index contributed by atoms with van der Waals surface area (Å²) >= 11 is 0. The van der Waals surface area contributed by atoms with Gasteiger partial charge in [0.25, 0.3) is 20.2 Å². The number of amides is 1. The van der Waals surface area contributed by atoms with Gasteiger partial charge < -0.3 is 5.32 Å². The van der Waals surface area contributed by atoms with E-state index >= 15 is 8.78 Å². The summed E-state index contributed by atoms with van der Waals surface area (Å²) in [5, 5.41) is 17.1. The molecule has 0 aromatic heterocycles. The Bertz CT molecular complexity index is 2810. The molecular formula is C35H22F5N5O7S2. The van der Waals surface area contributed by atoms with E-state index in [1.165, 1.54) is 48.5 Å². The molecule has 12 nitrogen and oxygen atoms in total. The second-order valence-corrected chi connectivity index (χ2v) is 14.3. The lowest BCUT2D eigenvalue weighted by Gasteiger charge is -2.15. The van der Waals surface area contributed by atoms with Crippen LogP contribution in [0.2, 0.25) is 0 Å². The molecule has 0 unspecified atom stereocenters. The number of benzene rings is 6. The van der Waals surface area contributed by atoms with Gasteiger partial charge in [0.2, 0.25) is 0 Å². The van der Waals surface area contributed by atoms with E-state index < -0.39 is 70.8 Å². The number of hydrogen-bond donors (Lipinski definition) is 3. The summed E-state index contributed by atoms with van der Waals surface area (Å²) in [6.45, 7) is 1.64. The Balaban J connectivity index is 1.31. The average molecular weight is 784 g/mol. The fourth-order valence-electron chi connectivity index (χ4n) is 5.48. The Morgan fingerprint density at radius 3 is 1.46 bits per heavy atom. The van der Waals surface area contributed by atoms with E-state index in [1.807, 2.05) is 0 Å². The van der Waals surface area contributed by atoms with Crippen molar-refractivity contribution in [2.24, 2.45) is 20.5 Å². The van der Waals surface area contributed by atoms with E-state index in [0.29, 0.717) is 17.0 Å². The number of anilines is 1. The van der Waals surface area contributed by atoms with E-state index in [-0.39, 0.29) is 38.7 Å². The molecule has 1 amide bonds. The minimum Gasteiger partial charge on any atom is -0.316 e. The topological polar surface area (TPSA) is 187 Å². The first-order valence-electron chi connectivity index (χ1n) is 15.2. The molecule has 6 rings (SSSR count). The minimum atomic E-state index is -5.36. The zero-order valence-corrected chi connectivity index (χ0v) is 28.8. The summed E-state index contributed by atoms with van der Waals surface area (Å²) in [5.41, 5.74) is -1.19. The highest BCUT2D eigenvalue weighted by atomic mass is 32.2. The van der Waals surface area contributed by atoms with Crippen LogP contribution in [-0.2, 0) is 25.0 Å². The number of nitrogens with one attached hydrogen (secondary N) is 1. The SMILES string of the molecule is Cc1c(N=Nc2ccc(-c3ccc(N=Nc4cc(S(=O)(=O)O)c5ccccc5c4NC(=O)C(F)(F)F)c(F)c3)cc2F)cc(S(=O)(=O)O)c2ccccc12. The summed E-state index contributed by atoms with van der Waals surface area (Å²) in [7, 11) is -9.63. The first kappa shape index (κ1) is 37.7. The van der Waals surface area contributed by atoms with Crippen LogP contribution < -0.4 is 5.32 Å². The molecule has 0 fully saturated rings. The molecule has 54 heavy (non-hydrogen) atoms. The highest BCUT2D eigenvalue weighted by Crippen LogP contribution is 2.40. The number of halogens is 5. The van der Waals surface area contributed by atoms with Crippen molar-refractivity contribution < 1.29 is 52.7 Å². The number of carbonyl (C=O) groups is 1. The molecule has 0 spiro atoms. The number of fused-ring (bicyclic) bond motifs is 2. The molecule has 0 aliphatic carbocycles. The number of carbonyl (C=O) groups excluding carboxylic acids is 1. The summed E-state index contributed by atoms with van der Waals surface area (Å²) in [5.74, 6) is -4.36. The average Bonchev–Trinajstić information content (AvgIpc) is 3.10. The van der Waals surface area contributed by atoms with Gasteiger partial charge in [-0.3, -0.25) is 13.9 Å². The van der Waals surface area contributed by atoms with Crippen molar-refractivity contribution in [3.05, 3.63) is 114 Å². The Morgan fingerprint density at radius 1 is 0.593 bits per heavy atom. The van der Waals surface area contributed by atoms with Gasteiger partial charge >= 0.3 is 12.1 Å². The van der Waals surface area contributed by atoms with E-state index in [1.54, 1.807) is 30.4 Å².